The highest BCUT2D eigenvalue weighted by atomic mass is 32.1. The van der Waals surface area contributed by atoms with E-state index >= 15 is 0 Å². The van der Waals surface area contributed by atoms with Gasteiger partial charge in [-0.05, 0) is 17.7 Å². The van der Waals surface area contributed by atoms with Gasteiger partial charge in [0.15, 0.2) is 0 Å². The molecule has 0 radical (unpaired) electrons. The van der Waals surface area contributed by atoms with Crippen LogP contribution in [0.3, 0.4) is 0 Å². The van der Waals surface area contributed by atoms with Crippen LogP contribution in [0.25, 0.3) is 0 Å². The molecule has 4 atom stereocenters. The Hall–Kier alpha value is -3.50. The lowest BCUT2D eigenvalue weighted by Gasteiger charge is -2.25. The van der Waals surface area contributed by atoms with Crippen molar-refractivity contribution in [3.05, 3.63) is 29.8 Å². The molecule has 0 unspecified atom stereocenters. The van der Waals surface area contributed by atoms with E-state index in [9.17, 15) is 33.9 Å². The second-order valence-corrected chi connectivity index (χ2v) is 8.61. The topological polar surface area (TPSA) is 249 Å². The average molecular weight is 558 g/mol. The van der Waals surface area contributed by atoms with Crippen LogP contribution in [-0.4, -0.2) is 82.8 Å². The first kappa shape index (κ1) is 31.5. The molecule has 37 heavy (non-hydrogen) atoms. The zero-order valence-electron chi connectivity index (χ0n) is 19.7. The summed E-state index contributed by atoms with van der Waals surface area (Å²) in [6.45, 7) is -0.500. The quantitative estimate of drug-likeness (QED) is 0.0951. The Balaban J connectivity index is 3.07. The van der Waals surface area contributed by atoms with Gasteiger partial charge in [0.2, 0.25) is 35.4 Å². The minimum Gasteiger partial charge on any atom is -0.508 e. The number of nitrogens with one attached hydrogen (secondary N) is 4. The Morgan fingerprint density at radius 3 is 1.81 bits per heavy atom. The highest BCUT2D eigenvalue weighted by molar-refractivity contribution is 7.80. The van der Waals surface area contributed by atoms with Crippen LogP contribution in [-0.2, 0) is 35.2 Å². The Kier molecular flexibility index (Phi) is 13.3. The molecule has 0 aliphatic carbocycles. The van der Waals surface area contributed by atoms with Gasteiger partial charge < -0.3 is 43.6 Å². The van der Waals surface area contributed by atoms with Gasteiger partial charge in [-0.3, -0.25) is 28.8 Å². The fraction of sp³-hybridized carbons (Fsp3) is 0.429. The van der Waals surface area contributed by atoms with Gasteiger partial charge in [-0.1, -0.05) is 12.1 Å². The van der Waals surface area contributed by atoms with E-state index in [4.69, 9.17) is 17.2 Å². The molecule has 204 valence electrons. The molecular weight excluding hydrogens is 526 g/mol. The summed E-state index contributed by atoms with van der Waals surface area (Å²) in [7, 11) is 0. The third-order valence-electron chi connectivity index (χ3n) is 4.83. The van der Waals surface area contributed by atoms with Crippen LogP contribution in [0.5, 0.6) is 5.75 Å². The van der Waals surface area contributed by atoms with Crippen molar-refractivity contribution in [2.24, 2.45) is 17.2 Å². The summed E-state index contributed by atoms with van der Waals surface area (Å²) < 4.78 is 0. The molecule has 0 aromatic heterocycles. The minimum absolute atomic E-state index is 0.0136. The van der Waals surface area contributed by atoms with E-state index in [1.165, 1.54) is 24.3 Å². The van der Waals surface area contributed by atoms with Crippen LogP contribution in [0.4, 0.5) is 0 Å². The standard InChI is InChI=1S/C21H31N7O7S2/c22-12(8-36)18(32)28-15(9-37)21(35)27-14(6-16(23)30)20(34)26-13(19(33)25-7-17(24)31)5-10-1-3-11(29)4-2-10/h1-4,12-15,29,36-37H,5-9,22H2,(H2,23,30)(H2,24,31)(H,25,33)(H,26,34)(H,27,35)(H,28,32)/t12-,13-,14-,15-/m0/s1. The van der Waals surface area contributed by atoms with Crippen LogP contribution in [0.1, 0.15) is 12.0 Å². The molecule has 0 aliphatic heterocycles. The molecule has 0 aliphatic rings. The highest BCUT2D eigenvalue weighted by Crippen LogP contribution is 2.12. The first-order valence-electron chi connectivity index (χ1n) is 10.9. The number of primary amides is 2. The number of phenols is 1. The van der Waals surface area contributed by atoms with Crippen LogP contribution < -0.4 is 38.5 Å². The lowest BCUT2D eigenvalue weighted by molar-refractivity contribution is -0.135. The van der Waals surface area contributed by atoms with E-state index < -0.39 is 72.6 Å². The normalized spacial score (nSPS) is 13.8. The fourth-order valence-corrected chi connectivity index (χ4v) is 3.31. The Morgan fingerprint density at radius 2 is 1.30 bits per heavy atom. The predicted octanol–water partition coefficient (Wildman–Crippen LogP) is -3.95. The van der Waals surface area contributed by atoms with Gasteiger partial charge >= 0.3 is 0 Å². The number of carbonyl (C=O) groups excluding carboxylic acids is 6. The number of carbonyl (C=O) groups is 6. The van der Waals surface area contributed by atoms with Crippen molar-refractivity contribution >= 4 is 60.7 Å². The van der Waals surface area contributed by atoms with Gasteiger partial charge in [-0.25, -0.2) is 0 Å². The summed E-state index contributed by atoms with van der Waals surface area (Å²) in [5.74, 6) is -5.18. The van der Waals surface area contributed by atoms with Crippen LogP contribution >= 0.6 is 25.3 Å². The number of rotatable bonds is 15. The molecule has 0 heterocycles. The van der Waals surface area contributed by atoms with Crippen molar-refractivity contribution in [2.45, 2.75) is 37.0 Å². The zero-order chi connectivity index (χ0) is 28.1. The lowest BCUT2D eigenvalue weighted by atomic mass is 10.0. The molecule has 0 saturated carbocycles. The molecule has 1 rings (SSSR count). The Bertz CT molecular complexity index is 994. The lowest BCUT2D eigenvalue weighted by Crippen LogP contribution is -2.59. The number of hydrogen-bond acceptors (Lipinski definition) is 10. The smallest absolute Gasteiger partial charge is 0.244 e. The molecule has 14 nitrogen and oxygen atoms in total. The number of phenolic OH excluding ortho intramolecular Hbond substituents is 1. The van der Waals surface area contributed by atoms with E-state index in [0.29, 0.717) is 5.56 Å². The Morgan fingerprint density at radius 1 is 0.757 bits per heavy atom. The summed E-state index contributed by atoms with van der Waals surface area (Å²) >= 11 is 7.93. The molecule has 16 heteroatoms. The van der Waals surface area contributed by atoms with Crippen molar-refractivity contribution < 1.29 is 33.9 Å². The van der Waals surface area contributed by atoms with Gasteiger partial charge in [0.25, 0.3) is 0 Å². The van der Waals surface area contributed by atoms with Crippen molar-refractivity contribution in [3.63, 3.8) is 0 Å². The zero-order valence-corrected chi connectivity index (χ0v) is 21.5. The largest absolute Gasteiger partial charge is 0.508 e. The van der Waals surface area contributed by atoms with Gasteiger partial charge in [0.1, 0.15) is 23.9 Å². The third-order valence-corrected chi connectivity index (χ3v) is 5.59. The molecular formula is C21H31N7O7S2. The van der Waals surface area contributed by atoms with Crippen molar-refractivity contribution in [1.82, 2.24) is 21.3 Å². The molecule has 0 fully saturated rings. The van der Waals surface area contributed by atoms with Crippen molar-refractivity contribution in [1.29, 1.82) is 0 Å². The first-order chi connectivity index (χ1) is 17.4. The molecule has 0 saturated heterocycles. The van der Waals surface area contributed by atoms with E-state index in [-0.39, 0.29) is 23.7 Å². The predicted molar refractivity (Wildman–Crippen MR) is 139 cm³/mol. The number of nitrogens with two attached hydrogens (primary N) is 3. The fourth-order valence-electron chi connectivity index (χ4n) is 2.89. The summed E-state index contributed by atoms with van der Waals surface area (Å²) in [6.07, 6.45) is -0.708. The summed E-state index contributed by atoms with van der Waals surface area (Å²) in [4.78, 5) is 73.1. The second kappa shape index (κ2) is 15.6. The molecule has 1 aromatic carbocycles. The SMILES string of the molecule is NC(=O)CNC(=O)[C@H](Cc1ccc(O)cc1)NC(=O)[C@H](CC(N)=O)NC(=O)[C@H](CS)NC(=O)[C@@H](N)CS. The van der Waals surface area contributed by atoms with Crippen molar-refractivity contribution in [3.8, 4) is 5.75 Å². The maximum atomic E-state index is 13.0. The van der Waals surface area contributed by atoms with Gasteiger partial charge in [0.05, 0.1) is 19.0 Å². The molecule has 11 N–H and O–H groups in total. The Labute approximate surface area is 223 Å². The monoisotopic (exact) mass is 557 g/mol. The third kappa shape index (κ3) is 11.4. The first-order valence-corrected chi connectivity index (χ1v) is 12.1. The molecule has 0 bridgehead atoms. The number of hydrogen-bond donors (Lipinski definition) is 10. The van der Waals surface area contributed by atoms with Gasteiger partial charge in [-0.2, -0.15) is 25.3 Å². The van der Waals surface area contributed by atoms with Crippen molar-refractivity contribution in [2.75, 3.05) is 18.1 Å². The van der Waals surface area contributed by atoms with Gasteiger partial charge in [-0.15, -0.1) is 0 Å². The van der Waals surface area contributed by atoms with E-state index in [2.05, 4.69) is 46.5 Å². The van der Waals surface area contributed by atoms with E-state index in [1.54, 1.807) is 0 Å². The molecule has 1 aromatic rings. The van der Waals surface area contributed by atoms with Crippen LogP contribution in [0, 0.1) is 0 Å². The average Bonchev–Trinajstić information content (AvgIpc) is 2.84. The molecule has 6 amide bonds. The summed E-state index contributed by atoms with van der Waals surface area (Å²) in [6, 6.07) is 0.766. The number of benzene rings is 1. The van der Waals surface area contributed by atoms with E-state index in [0.717, 1.165) is 0 Å². The number of amides is 6. The number of thiol groups is 2. The van der Waals surface area contributed by atoms with Gasteiger partial charge in [0, 0.05) is 17.9 Å². The maximum absolute atomic E-state index is 13.0. The summed E-state index contributed by atoms with van der Waals surface area (Å²) in [5.41, 5.74) is 16.4. The second-order valence-electron chi connectivity index (χ2n) is 7.88. The minimum atomic E-state index is -1.52. The molecule has 0 spiro atoms. The highest BCUT2D eigenvalue weighted by Gasteiger charge is 2.31. The maximum Gasteiger partial charge on any atom is 0.244 e. The van der Waals surface area contributed by atoms with Crippen LogP contribution in [0.15, 0.2) is 24.3 Å². The number of aromatic hydroxyl groups is 1. The summed E-state index contributed by atoms with van der Waals surface area (Å²) in [5, 5.41) is 18.8. The van der Waals surface area contributed by atoms with E-state index in [1.807, 2.05) is 0 Å². The van der Waals surface area contributed by atoms with Crippen LogP contribution in [0.2, 0.25) is 0 Å².